The van der Waals surface area contributed by atoms with Crippen LogP contribution >= 0.6 is 0 Å². The molecule has 0 aliphatic heterocycles. The number of ether oxygens (including phenoxy) is 1. The number of alkyl halides is 3. The molecule has 4 rings (SSSR count). The maximum Gasteiger partial charge on any atom is 0.573 e. The fourth-order valence-corrected chi connectivity index (χ4v) is 3.34. The summed E-state index contributed by atoms with van der Waals surface area (Å²) in [5, 5.41) is 1.32. The zero-order valence-electron chi connectivity index (χ0n) is 14.4. The van der Waals surface area contributed by atoms with E-state index in [9.17, 15) is 17.6 Å². The second-order valence-corrected chi connectivity index (χ2v) is 6.33. The van der Waals surface area contributed by atoms with Gasteiger partial charge >= 0.3 is 6.36 Å². The molecular weight excluding hydrogens is 360 g/mol. The van der Waals surface area contributed by atoms with Crippen molar-refractivity contribution in [2.45, 2.75) is 20.2 Å². The van der Waals surface area contributed by atoms with Crippen LogP contribution < -0.4 is 4.74 Å². The third-order valence-electron chi connectivity index (χ3n) is 4.46. The van der Waals surface area contributed by atoms with Crippen LogP contribution in [0.3, 0.4) is 0 Å². The highest BCUT2D eigenvalue weighted by Crippen LogP contribution is 2.36. The van der Waals surface area contributed by atoms with E-state index < -0.39 is 6.36 Å². The summed E-state index contributed by atoms with van der Waals surface area (Å²) in [4.78, 5) is 4.20. The van der Waals surface area contributed by atoms with E-state index >= 15 is 0 Å². The molecule has 0 atom stereocenters. The molecule has 2 aromatic carbocycles. The summed E-state index contributed by atoms with van der Waals surface area (Å²) >= 11 is 0. The zero-order chi connectivity index (χ0) is 19.3. The van der Waals surface area contributed by atoms with Gasteiger partial charge in [0.05, 0.1) is 5.52 Å². The van der Waals surface area contributed by atoms with Gasteiger partial charge in [-0.15, -0.1) is 13.2 Å². The standard InChI is InChI=1S/C20H14F4N2O/c1-11-8-13(21)6-7-16(11)26-10-12(2)15-9-25-18-14(19(15)26)4-3-5-17(18)27-20(22,23)24/h3-10H,1-2H3. The predicted octanol–water partition coefficient (Wildman–Crippen LogP) is 5.83. The van der Waals surface area contributed by atoms with Crippen LogP contribution in [0.2, 0.25) is 0 Å². The van der Waals surface area contributed by atoms with Crippen molar-refractivity contribution in [3.8, 4) is 11.4 Å². The highest BCUT2D eigenvalue weighted by Gasteiger charge is 2.32. The minimum absolute atomic E-state index is 0.112. The van der Waals surface area contributed by atoms with Gasteiger partial charge in [-0.1, -0.05) is 12.1 Å². The Morgan fingerprint density at radius 3 is 2.48 bits per heavy atom. The van der Waals surface area contributed by atoms with Crippen molar-refractivity contribution < 1.29 is 22.3 Å². The lowest BCUT2D eigenvalue weighted by molar-refractivity contribution is -0.274. The van der Waals surface area contributed by atoms with E-state index in [1.54, 1.807) is 19.1 Å². The van der Waals surface area contributed by atoms with Gasteiger partial charge in [0.15, 0.2) is 5.75 Å². The Morgan fingerprint density at radius 2 is 1.78 bits per heavy atom. The monoisotopic (exact) mass is 374 g/mol. The Bertz CT molecular complexity index is 1180. The van der Waals surface area contributed by atoms with Crippen LogP contribution in [0.25, 0.3) is 27.5 Å². The summed E-state index contributed by atoms with van der Waals surface area (Å²) in [6.07, 6.45) is -1.41. The summed E-state index contributed by atoms with van der Waals surface area (Å²) in [6, 6.07) is 8.84. The van der Waals surface area contributed by atoms with Gasteiger partial charge < -0.3 is 9.30 Å². The van der Waals surface area contributed by atoms with Crippen molar-refractivity contribution in [2.24, 2.45) is 0 Å². The Balaban J connectivity index is 2.05. The van der Waals surface area contributed by atoms with Gasteiger partial charge in [-0.05, 0) is 49.2 Å². The average molecular weight is 374 g/mol. The second kappa shape index (κ2) is 5.97. The number of aromatic nitrogens is 2. The van der Waals surface area contributed by atoms with Crippen LogP contribution in [-0.4, -0.2) is 15.9 Å². The van der Waals surface area contributed by atoms with Crippen molar-refractivity contribution >= 4 is 21.8 Å². The molecular formula is C20H14F4N2O. The van der Waals surface area contributed by atoms with Gasteiger partial charge in [0.25, 0.3) is 0 Å². The Kier molecular flexibility index (Phi) is 3.83. The number of hydrogen-bond donors (Lipinski definition) is 0. The van der Waals surface area contributed by atoms with Crippen LogP contribution in [0, 0.1) is 19.7 Å². The minimum atomic E-state index is -4.81. The van der Waals surface area contributed by atoms with E-state index in [1.165, 1.54) is 30.5 Å². The summed E-state index contributed by atoms with van der Waals surface area (Å²) in [7, 11) is 0. The lowest BCUT2D eigenvalue weighted by Gasteiger charge is -2.13. The molecule has 27 heavy (non-hydrogen) atoms. The van der Waals surface area contributed by atoms with Crippen LogP contribution in [0.4, 0.5) is 17.6 Å². The summed E-state index contributed by atoms with van der Waals surface area (Å²) in [5.74, 6) is -0.708. The van der Waals surface area contributed by atoms with E-state index in [-0.39, 0.29) is 17.1 Å². The Labute approximate surface area is 151 Å². The van der Waals surface area contributed by atoms with E-state index in [0.717, 1.165) is 16.6 Å². The minimum Gasteiger partial charge on any atom is -0.403 e. The predicted molar refractivity (Wildman–Crippen MR) is 94.7 cm³/mol. The van der Waals surface area contributed by atoms with Crippen molar-refractivity contribution in [3.05, 3.63) is 65.7 Å². The van der Waals surface area contributed by atoms with Crippen LogP contribution in [0.15, 0.2) is 48.8 Å². The van der Waals surface area contributed by atoms with E-state index in [2.05, 4.69) is 9.72 Å². The van der Waals surface area contributed by atoms with Gasteiger partial charge in [-0.25, -0.2) is 4.39 Å². The highest BCUT2D eigenvalue weighted by atomic mass is 19.4. The number of hydrogen-bond acceptors (Lipinski definition) is 2. The van der Waals surface area contributed by atoms with Gasteiger partial charge in [-0.3, -0.25) is 4.98 Å². The molecule has 0 aliphatic carbocycles. The first-order chi connectivity index (χ1) is 12.7. The molecule has 2 heterocycles. The highest BCUT2D eigenvalue weighted by molar-refractivity contribution is 6.07. The molecule has 0 saturated heterocycles. The molecule has 0 saturated carbocycles. The van der Waals surface area contributed by atoms with Crippen molar-refractivity contribution in [1.29, 1.82) is 0 Å². The third kappa shape index (κ3) is 2.99. The number of halogens is 4. The van der Waals surface area contributed by atoms with Crippen LogP contribution in [0.5, 0.6) is 5.75 Å². The van der Waals surface area contributed by atoms with Crippen LogP contribution in [-0.2, 0) is 0 Å². The molecule has 0 fully saturated rings. The number of rotatable bonds is 2. The maximum absolute atomic E-state index is 13.5. The molecule has 0 unspecified atom stereocenters. The number of nitrogens with zero attached hydrogens (tertiary/aromatic N) is 2. The molecule has 4 aromatic rings. The fourth-order valence-electron chi connectivity index (χ4n) is 3.34. The SMILES string of the molecule is Cc1cc(F)ccc1-n1cc(C)c2cnc3c(OC(F)(F)F)cccc3c21. The van der Waals surface area contributed by atoms with Gasteiger partial charge in [0, 0.05) is 28.9 Å². The molecule has 3 nitrogen and oxygen atoms in total. The zero-order valence-corrected chi connectivity index (χ0v) is 14.4. The molecule has 0 bridgehead atoms. The van der Waals surface area contributed by atoms with E-state index in [4.69, 9.17) is 0 Å². The van der Waals surface area contributed by atoms with Crippen molar-refractivity contribution in [1.82, 2.24) is 9.55 Å². The molecule has 0 N–H and O–H groups in total. The van der Waals surface area contributed by atoms with Gasteiger partial charge in [0.2, 0.25) is 0 Å². The summed E-state index contributed by atoms with van der Waals surface area (Å²) in [6.45, 7) is 3.67. The summed E-state index contributed by atoms with van der Waals surface area (Å²) in [5.41, 5.74) is 3.16. The second-order valence-electron chi connectivity index (χ2n) is 6.33. The number of benzene rings is 2. The first-order valence-corrected chi connectivity index (χ1v) is 8.16. The van der Waals surface area contributed by atoms with E-state index in [1.807, 2.05) is 17.7 Å². The quantitative estimate of drug-likeness (QED) is 0.413. The largest absolute Gasteiger partial charge is 0.573 e. The number of aryl methyl sites for hydroxylation is 2. The molecule has 0 aliphatic rings. The Hall–Kier alpha value is -3.09. The lowest BCUT2D eigenvalue weighted by atomic mass is 10.1. The topological polar surface area (TPSA) is 27.1 Å². The number of pyridine rings is 1. The smallest absolute Gasteiger partial charge is 0.403 e. The summed E-state index contributed by atoms with van der Waals surface area (Å²) < 4.78 is 57.7. The molecule has 138 valence electrons. The molecule has 0 spiro atoms. The van der Waals surface area contributed by atoms with Crippen molar-refractivity contribution in [3.63, 3.8) is 0 Å². The number of para-hydroxylation sites is 1. The molecule has 7 heteroatoms. The van der Waals surface area contributed by atoms with E-state index in [0.29, 0.717) is 16.5 Å². The van der Waals surface area contributed by atoms with Gasteiger partial charge in [-0.2, -0.15) is 0 Å². The maximum atomic E-state index is 13.5. The lowest BCUT2D eigenvalue weighted by Crippen LogP contribution is -2.17. The molecule has 2 aromatic heterocycles. The first-order valence-electron chi connectivity index (χ1n) is 8.16. The molecule has 0 amide bonds. The first kappa shape index (κ1) is 17.3. The normalized spacial score (nSPS) is 12.1. The fraction of sp³-hybridized carbons (Fsp3) is 0.150. The van der Waals surface area contributed by atoms with Crippen LogP contribution in [0.1, 0.15) is 11.1 Å². The van der Waals surface area contributed by atoms with Gasteiger partial charge in [0.1, 0.15) is 11.3 Å². The average Bonchev–Trinajstić information content (AvgIpc) is 2.91. The Morgan fingerprint density at radius 1 is 1.00 bits per heavy atom. The molecule has 0 radical (unpaired) electrons. The third-order valence-corrected chi connectivity index (χ3v) is 4.46. The van der Waals surface area contributed by atoms with Crippen molar-refractivity contribution in [2.75, 3.05) is 0 Å². The number of fused-ring (bicyclic) bond motifs is 3.